The third-order valence-corrected chi connectivity index (χ3v) is 4.61. The molecule has 0 aliphatic heterocycles. The lowest BCUT2D eigenvalue weighted by Gasteiger charge is -2.29. The summed E-state index contributed by atoms with van der Waals surface area (Å²) in [6.45, 7) is 8.18. The first kappa shape index (κ1) is 21.0. The first-order chi connectivity index (χ1) is 11.8. The minimum absolute atomic E-state index is 0.0439. The number of nitrogens with two attached hydrogens (primary N) is 1. The van der Waals surface area contributed by atoms with Crippen LogP contribution in [0.5, 0.6) is 5.75 Å². The summed E-state index contributed by atoms with van der Waals surface area (Å²) >= 11 is 0. The van der Waals surface area contributed by atoms with Crippen LogP contribution in [-0.4, -0.2) is 37.0 Å². The Balaban J connectivity index is 2.75. The molecule has 0 aliphatic carbocycles. The van der Waals surface area contributed by atoms with Crippen LogP contribution in [0.2, 0.25) is 0 Å². The predicted octanol–water partition coefficient (Wildman–Crippen LogP) is 2.08. The minimum atomic E-state index is -0.618. The predicted molar refractivity (Wildman–Crippen MR) is 99.6 cm³/mol. The van der Waals surface area contributed by atoms with E-state index in [9.17, 15) is 9.59 Å². The molecule has 4 N–H and O–H groups in total. The minimum Gasteiger partial charge on any atom is -0.497 e. The SMILES string of the molecule is CCC(N)(CC)CNC(=O)C(NC(=O)c1ccc(OC)cc1)C(C)C. The van der Waals surface area contributed by atoms with Crippen LogP contribution in [-0.2, 0) is 4.79 Å². The molecular weight excluding hydrogens is 318 g/mol. The van der Waals surface area contributed by atoms with Gasteiger partial charge in [0.15, 0.2) is 0 Å². The second-order valence-corrected chi connectivity index (χ2v) is 6.71. The third-order valence-electron chi connectivity index (χ3n) is 4.61. The van der Waals surface area contributed by atoms with Gasteiger partial charge in [-0.3, -0.25) is 9.59 Å². The van der Waals surface area contributed by atoms with Gasteiger partial charge in [-0.15, -0.1) is 0 Å². The van der Waals surface area contributed by atoms with Gasteiger partial charge in [0, 0.05) is 17.6 Å². The van der Waals surface area contributed by atoms with Crippen LogP contribution in [0.4, 0.5) is 0 Å². The van der Waals surface area contributed by atoms with Crippen LogP contribution >= 0.6 is 0 Å². The molecule has 0 spiro atoms. The monoisotopic (exact) mass is 349 g/mol. The number of hydrogen-bond donors (Lipinski definition) is 3. The van der Waals surface area contributed by atoms with Gasteiger partial charge in [-0.1, -0.05) is 27.7 Å². The average molecular weight is 349 g/mol. The first-order valence-electron chi connectivity index (χ1n) is 8.77. The van der Waals surface area contributed by atoms with E-state index in [2.05, 4.69) is 10.6 Å². The molecule has 140 valence electrons. The Morgan fingerprint density at radius 1 is 1.16 bits per heavy atom. The summed E-state index contributed by atoms with van der Waals surface area (Å²) in [6.07, 6.45) is 1.54. The molecule has 1 rings (SSSR count). The fourth-order valence-corrected chi connectivity index (χ4v) is 2.38. The van der Waals surface area contributed by atoms with Crippen LogP contribution in [0, 0.1) is 5.92 Å². The van der Waals surface area contributed by atoms with Gasteiger partial charge >= 0.3 is 0 Å². The molecule has 6 heteroatoms. The van der Waals surface area contributed by atoms with Crippen molar-refractivity contribution in [3.8, 4) is 5.75 Å². The zero-order valence-corrected chi connectivity index (χ0v) is 15.9. The van der Waals surface area contributed by atoms with Crippen LogP contribution in [0.1, 0.15) is 50.9 Å². The number of methoxy groups -OCH3 is 1. The van der Waals surface area contributed by atoms with Crippen LogP contribution in [0.15, 0.2) is 24.3 Å². The quantitative estimate of drug-likeness (QED) is 0.636. The maximum atomic E-state index is 12.5. The van der Waals surface area contributed by atoms with Crippen LogP contribution < -0.4 is 21.1 Å². The molecule has 0 aromatic heterocycles. The van der Waals surface area contributed by atoms with Crippen molar-refractivity contribution in [3.63, 3.8) is 0 Å². The molecule has 25 heavy (non-hydrogen) atoms. The Bertz CT molecular complexity index is 566. The molecule has 0 saturated carbocycles. The number of rotatable bonds is 9. The fourth-order valence-electron chi connectivity index (χ4n) is 2.38. The molecular formula is C19H31N3O3. The largest absolute Gasteiger partial charge is 0.497 e. The van der Waals surface area contributed by atoms with Gasteiger partial charge in [0.1, 0.15) is 11.8 Å². The number of ether oxygens (including phenoxy) is 1. The number of hydrogen-bond acceptors (Lipinski definition) is 4. The Kier molecular flexibility index (Phi) is 7.90. The zero-order valence-electron chi connectivity index (χ0n) is 15.9. The summed E-state index contributed by atoms with van der Waals surface area (Å²) < 4.78 is 5.08. The van der Waals surface area contributed by atoms with Crippen LogP contribution in [0.3, 0.4) is 0 Å². The van der Waals surface area contributed by atoms with E-state index in [4.69, 9.17) is 10.5 Å². The van der Waals surface area contributed by atoms with Crippen molar-refractivity contribution in [3.05, 3.63) is 29.8 Å². The van der Waals surface area contributed by atoms with Gasteiger partial charge in [-0.25, -0.2) is 0 Å². The highest BCUT2D eigenvalue weighted by molar-refractivity contribution is 5.97. The lowest BCUT2D eigenvalue weighted by atomic mass is 9.94. The van der Waals surface area contributed by atoms with Crippen molar-refractivity contribution in [2.45, 2.75) is 52.1 Å². The summed E-state index contributed by atoms with van der Waals surface area (Å²) in [5.41, 5.74) is 6.29. The number of carbonyl (C=O) groups excluding carboxylic acids is 2. The highest BCUT2D eigenvalue weighted by Gasteiger charge is 2.27. The Labute approximate surface area is 150 Å². The zero-order chi connectivity index (χ0) is 19.0. The molecule has 1 aromatic rings. The van der Waals surface area contributed by atoms with E-state index >= 15 is 0 Å². The maximum Gasteiger partial charge on any atom is 0.251 e. The van der Waals surface area contributed by atoms with Crippen molar-refractivity contribution < 1.29 is 14.3 Å². The van der Waals surface area contributed by atoms with Crippen LogP contribution in [0.25, 0.3) is 0 Å². The van der Waals surface area contributed by atoms with Gasteiger partial charge in [0.2, 0.25) is 5.91 Å². The molecule has 6 nitrogen and oxygen atoms in total. The Morgan fingerprint density at radius 3 is 2.16 bits per heavy atom. The van der Waals surface area contributed by atoms with Gasteiger partial charge in [-0.2, -0.15) is 0 Å². The van der Waals surface area contributed by atoms with Crippen molar-refractivity contribution in [1.82, 2.24) is 10.6 Å². The Morgan fingerprint density at radius 2 is 1.72 bits per heavy atom. The van der Waals surface area contributed by atoms with Gasteiger partial charge in [-0.05, 0) is 43.0 Å². The molecule has 2 amide bonds. The topological polar surface area (TPSA) is 93.5 Å². The normalized spacial score (nSPS) is 12.6. The molecule has 0 radical (unpaired) electrons. The fraction of sp³-hybridized carbons (Fsp3) is 0.579. The van der Waals surface area contributed by atoms with E-state index in [1.807, 2.05) is 27.7 Å². The smallest absolute Gasteiger partial charge is 0.251 e. The lowest BCUT2D eigenvalue weighted by Crippen LogP contribution is -2.55. The summed E-state index contributed by atoms with van der Waals surface area (Å²) in [6, 6.07) is 6.15. The average Bonchev–Trinajstić information content (AvgIpc) is 2.63. The first-order valence-corrected chi connectivity index (χ1v) is 8.77. The highest BCUT2D eigenvalue weighted by Crippen LogP contribution is 2.13. The van der Waals surface area contributed by atoms with E-state index in [1.54, 1.807) is 31.4 Å². The number of nitrogens with one attached hydrogen (secondary N) is 2. The van der Waals surface area contributed by atoms with Crippen molar-refractivity contribution in [1.29, 1.82) is 0 Å². The second kappa shape index (κ2) is 9.42. The summed E-state index contributed by atoms with van der Waals surface area (Å²) in [4.78, 5) is 24.9. The van der Waals surface area contributed by atoms with Gasteiger partial charge in [0.05, 0.1) is 7.11 Å². The van der Waals surface area contributed by atoms with E-state index < -0.39 is 11.6 Å². The summed E-state index contributed by atoms with van der Waals surface area (Å²) in [5, 5.41) is 5.69. The molecule has 0 aliphatic rings. The van der Waals surface area contributed by atoms with Crippen molar-refractivity contribution in [2.24, 2.45) is 11.7 Å². The summed E-state index contributed by atoms with van der Waals surface area (Å²) in [5.74, 6) is 0.126. The van der Waals surface area contributed by atoms with Crippen molar-refractivity contribution >= 4 is 11.8 Å². The Hall–Kier alpha value is -2.08. The molecule has 0 heterocycles. The number of benzene rings is 1. The second-order valence-electron chi connectivity index (χ2n) is 6.71. The lowest BCUT2D eigenvalue weighted by molar-refractivity contribution is -0.124. The molecule has 0 fully saturated rings. The standard InChI is InChI=1S/C19H31N3O3/c1-6-19(20,7-2)12-21-18(24)16(13(3)4)22-17(23)14-8-10-15(25-5)11-9-14/h8-11,13,16H,6-7,12,20H2,1-5H3,(H,21,24)(H,22,23). The maximum absolute atomic E-state index is 12.5. The van der Waals surface area contributed by atoms with Crippen molar-refractivity contribution in [2.75, 3.05) is 13.7 Å². The highest BCUT2D eigenvalue weighted by atomic mass is 16.5. The molecule has 1 unspecified atom stereocenters. The number of carbonyl (C=O) groups is 2. The van der Waals surface area contributed by atoms with Gasteiger partial charge < -0.3 is 21.1 Å². The number of amides is 2. The third kappa shape index (κ3) is 6.05. The molecule has 0 bridgehead atoms. The van der Waals surface area contributed by atoms with Gasteiger partial charge in [0.25, 0.3) is 5.91 Å². The van der Waals surface area contributed by atoms with E-state index in [0.29, 0.717) is 17.9 Å². The van der Waals surface area contributed by atoms with E-state index in [1.165, 1.54) is 0 Å². The molecule has 1 aromatic carbocycles. The molecule has 1 atom stereocenters. The summed E-state index contributed by atoms with van der Waals surface area (Å²) in [7, 11) is 1.57. The molecule has 0 saturated heterocycles. The van der Waals surface area contributed by atoms with E-state index in [0.717, 1.165) is 12.8 Å². The van der Waals surface area contributed by atoms with E-state index in [-0.39, 0.29) is 17.7 Å².